The first-order valence-electron chi connectivity index (χ1n) is 4.90. The van der Waals surface area contributed by atoms with Crippen molar-refractivity contribution in [2.45, 2.75) is 24.9 Å². The second-order valence-corrected chi connectivity index (χ2v) is 3.96. The molecular weight excluding hydrogens is 196 g/mol. The molecular formula is C9H14N4O2. The van der Waals surface area contributed by atoms with Gasteiger partial charge in [0.25, 0.3) is 5.91 Å². The van der Waals surface area contributed by atoms with Crippen LogP contribution in [0.2, 0.25) is 0 Å². The molecule has 0 spiro atoms. The van der Waals surface area contributed by atoms with Crippen molar-refractivity contribution in [1.82, 2.24) is 15.5 Å². The van der Waals surface area contributed by atoms with Gasteiger partial charge in [0.15, 0.2) is 0 Å². The molecule has 1 heterocycles. The number of aromatic amines is 1. The van der Waals surface area contributed by atoms with Crippen LogP contribution in [-0.2, 0) is 0 Å². The van der Waals surface area contributed by atoms with Gasteiger partial charge in [0, 0.05) is 6.54 Å². The van der Waals surface area contributed by atoms with Crippen LogP contribution in [0.3, 0.4) is 0 Å². The number of nitrogen functional groups attached to an aromatic ring is 1. The molecule has 2 rings (SSSR count). The van der Waals surface area contributed by atoms with E-state index in [0.29, 0.717) is 5.69 Å². The smallest absolute Gasteiger partial charge is 0.271 e. The lowest BCUT2D eigenvalue weighted by Crippen LogP contribution is -2.47. The van der Waals surface area contributed by atoms with Crippen molar-refractivity contribution in [2.75, 3.05) is 12.3 Å². The van der Waals surface area contributed by atoms with Gasteiger partial charge in [-0.15, -0.1) is 0 Å². The summed E-state index contributed by atoms with van der Waals surface area (Å²) < 4.78 is 0. The topological polar surface area (TPSA) is 104 Å². The molecule has 6 nitrogen and oxygen atoms in total. The van der Waals surface area contributed by atoms with E-state index in [1.165, 1.54) is 6.20 Å². The molecule has 0 aromatic carbocycles. The Morgan fingerprint density at radius 3 is 2.93 bits per heavy atom. The van der Waals surface area contributed by atoms with Gasteiger partial charge in [0.05, 0.1) is 17.5 Å². The molecule has 0 unspecified atom stereocenters. The largest absolute Gasteiger partial charge is 0.396 e. The molecule has 0 bridgehead atoms. The van der Waals surface area contributed by atoms with Crippen molar-refractivity contribution >= 4 is 11.6 Å². The highest BCUT2D eigenvalue weighted by molar-refractivity contribution is 5.96. The second-order valence-electron chi connectivity index (χ2n) is 3.96. The molecule has 1 saturated carbocycles. The Bertz CT molecular complexity index is 370. The number of amides is 1. The van der Waals surface area contributed by atoms with E-state index in [9.17, 15) is 9.90 Å². The molecule has 5 N–H and O–H groups in total. The van der Waals surface area contributed by atoms with Crippen molar-refractivity contribution in [3.63, 3.8) is 0 Å². The summed E-state index contributed by atoms with van der Waals surface area (Å²) in [4.78, 5) is 11.5. The second kappa shape index (κ2) is 3.54. The number of nitrogens with one attached hydrogen (secondary N) is 2. The number of aliphatic hydroxyl groups is 1. The third-order valence-corrected chi connectivity index (χ3v) is 2.76. The Kier molecular flexibility index (Phi) is 2.36. The highest BCUT2D eigenvalue weighted by Crippen LogP contribution is 2.30. The number of nitrogens with two attached hydrogens (primary N) is 1. The van der Waals surface area contributed by atoms with E-state index in [1.807, 2.05) is 0 Å². The molecule has 0 aliphatic heterocycles. The zero-order chi connectivity index (χ0) is 10.9. The van der Waals surface area contributed by atoms with Gasteiger partial charge in [-0.25, -0.2) is 0 Å². The third kappa shape index (κ3) is 1.94. The molecule has 0 radical (unpaired) electrons. The van der Waals surface area contributed by atoms with Crippen LogP contribution >= 0.6 is 0 Å². The van der Waals surface area contributed by atoms with Gasteiger partial charge in [-0.3, -0.25) is 9.89 Å². The number of H-pyrrole nitrogens is 1. The number of carbonyl (C=O) groups excluding carboxylic acids is 1. The van der Waals surface area contributed by atoms with Gasteiger partial charge < -0.3 is 16.2 Å². The molecule has 6 heteroatoms. The van der Waals surface area contributed by atoms with Crippen molar-refractivity contribution in [2.24, 2.45) is 0 Å². The van der Waals surface area contributed by atoms with Crippen LogP contribution in [0, 0.1) is 0 Å². The highest BCUT2D eigenvalue weighted by atomic mass is 16.3. The average molecular weight is 210 g/mol. The predicted octanol–water partition coefficient (Wildman–Crippen LogP) is -0.363. The minimum Gasteiger partial charge on any atom is -0.396 e. The maximum absolute atomic E-state index is 11.5. The number of hydrogen-bond acceptors (Lipinski definition) is 4. The van der Waals surface area contributed by atoms with Gasteiger partial charge in [-0.2, -0.15) is 5.10 Å². The lowest BCUT2D eigenvalue weighted by Gasteiger charge is -2.36. The number of anilines is 1. The molecule has 15 heavy (non-hydrogen) atoms. The molecule has 1 fully saturated rings. The zero-order valence-electron chi connectivity index (χ0n) is 8.29. The average Bonchev–Trinajstić information content (AvgIpc) is 2.58. The van der Waals surface area contributed by atoms with Crippen LogP contribution in [0.5, 0.6) is 0 Å². The van der Waals surface area contributed by atoms with E-state index >= 15 is 0 Å². The van der Waals surface area contributed by atoms with E-state index in [4.69, 9.17) is 5.73 Å². The Morgan fingerprint density at radius 2 is 2.47 bits per heavy atom. The number of nitrogens with zero attached hydrogens (tertiary/aromatic N) is 1. The molecule has 1 amide bonds. The number of aromatic nitrogens is 2. The molecule has 0 saturated heterocycles. The summed E-state index contributed by atoms with van der Waals surface area (Å²) in [5.41, 5.74) is 5.35. The molecule has 1 aliphatic rings. The normalized spacial score (nSPS) is 18.2. The van der Waals surface area contributed by atoms with E-state index in [0.717, 1.165) is 19.3 Å². The fourth-order valence-electron chi connectivity index (χ4n) is 1.57. The van der Waals surface area contributed by atoms with Crippen LogP contribution in [0.1, 0.15) is 29.8 Å². The lowest BCUT2D eigenvalue weighted by molar-refractivity contribution is -0.0300. The lowest BCUT2D eigenvalue weighted by atomic mass is 9.80. The summed E-state index contributed by atoms with van der Waals surface area (Å²) in [6, 6.07) is 0. The van der Waals surface area contributed by atoms with E-state index < -0.39 is 5.60 Å². The standard InChI is InChI=1S/C9H14N4O2/c10-6-4-12-13-7(6)8(14)11-5-9(15)2-1-3-9/h4,15H,1-3,5,10H2,(H,11,14)(H,12,13). The van der Waals surface area contributed by atoms with Gasteiger partial charge in [-0.05, 0) is 19.3 Å². The van der Waals surface area contributed by atoms with Gasteiger partial charge in [0.2, 0.25) is 0 Å². The first-order chi connectivity index (χ1) is 7.11. The molecule has 1 aromatic rings. The Hall–Kier alpha value is -1.56. The van der Waals surface area contributed by atoms with Gasteiger partial charge in [-0.1, -0.05) is 0 Å². The van der Waals surface area contributed by atoms with Gasteiger partial charge in [0.1, 0.15) is 5.69 Å². The minimum atomic E-state index is -0.718. The van der Waals surface area contributed by atoms with Crippen LogP contribution in [-0.4, -0.2) is 33.4 Å². The van der Waals surface area contributed by atoms with Gasteiger partial charge >= 0.3 is 0 Å². The first-order valence-corrected chi connectivity index (χ1v) is 4.90. The molecule has 1 aromatic heterocycles. The quantitative estimate of drug-likeness (QED) is 0.546. The van der Waals surface area contributed by atoms with Crippen molar-refractivity contribution in [3.8, 4) is 0 Å². The van der Waals surface area contributed by atoms with Crippen LogP contribution in [0.15, 0.2) is 6.20 Å². The minimum absolute atomic E-state index is 0.248. The van der Waals surface area contributed by atoms with Crippen LogP contribution in [0.25, 0.3) is 0 Å². The fourth-order valence-corrected chi connectivity index (χ4v) is 1.57. The number of hydrogen-bond donors (Lipinski definition) is 4. The van der Waals surface area contributed by atoms with Crippen LogP contribution < -0.4 is 11.1 Å². The maximum atomic E-state index is 11.5. The number of carbonyl (C=O) groups is 1. The number of rotatable bonds is 3. The Labute approximate surface area is 86.9 Å². The molecule has 82 valence electrons. The molecule has 1 aliphatic carbocycles. The fraction of sp³-hybridized carbons (Fsp3) is 0.556. The van der Waals surface area contributed by atoms with Crippen LogP contribution in [0.4, 0.5) is 5.69 Å². The summed E-state index contributed by atoms with van der Waals surface area (Å²) in [5.74, 6) is -0.328. The Morgan fingerprint density at radius 1 is 1.73 bits per heavy atom. The molecule has 0 atom stereocenters. The summed E-state index contributed by atoms with van der Waals surface area (Å²) in [6.45, 7) is 0.268. The van der Waals surface area contributed by atoms with E-state index in [2.05, 4.69) is 15.5 Å². The first kappa shape index (κ1) is 9.97. The van der Waals surface area contributed by atoms with E-state index in [-0.39, 0.29) is 18.1 Å². The van der Waals surface area contributed by atoms with Crippen molar-refractivity contribution < 1.29 is 9.90 Å². The zero-order valence-corrected chi connectivity index (χ0v) is 8.29. The maximum Gasteiger partial charge on any atom is 0.271 e. The SMILES string of the molecule is Nc1cn[nH]c1C(=O)NCC1(O)CCC1. The summed E-state index contributed by atoms with van der Waals surface area (Å²) in [5, 5.41) is 18.5. The Balaban J connectivity index is 1.90. The summed E-state index contributed by atoms with van der Waals surface area (Å²) >= 11 is 0. The summed E-state index contributed by atoms with van der Waals surface area (Å²) in [7, 11) is 0. The van der Waals surface area contributed by atoms with E-state index in [1.54, 1.807) is 0 Å². The summed E-state index contributed by atoms with van der Waals surface area (Å²) in [6.07, 6.45) is 3.88. The highest BCUT2D eigenvalue weighted by Gasteiger charge is 2.34. The predicted molar refractivity (Wildman–Crippen MR) is 54.1 cm³/mol. The third-order valence-electron chi connectivity index (χ3n) is 2.76. The van der Waals surface area contributed by atoms with Crippen molar-refractivity contribution in [1.29, 1.82) is 0 Å². The van der Waals surface area contributed by atoms with Crippen molar-refractivity contribution in [3.05, 3.63) is 11.9 Å². The monoisotopic (exact) mass is 210 g/mol.